The molecule has 5 heteroatoms. The lowest BCUT2D eigenvalue weighted by Crippen LogP contribution is -2.27. The Bertz CT molecular complexity index is 544. The Morgan fingerprint density at radius 1 is 1.15 bits per heavy atom. The van der Waals surface area contributed by atoms with Gasteiger partial charge in [0.2, 0.25) is 11.8 Å². The van der Waals surface area contributed by atoms with Gasteiger partial charge in [0.05, 0.1) is 0 Å². The number of anilines is 2. The predicted octanol–water partition coefficient (Wildman–Crippen LogP) is 1.12. The lowest BCUT2D eigenvalue weighted by Gasteiger charge is -2.21. The van der Waals surface area contributed by atoms with Crippen LogP contribution in [0.5, 0.6) is 0 Å². The van der Waals surface area contributed by atoms with E-state index in [1.54, 1.807) is 9.80 Å². The van der Waals surface area contributed by atoms with Gasteiger partial charge in [0.25, 0.3) is 0 Å². The first-order valence-electron chi connectivity index (χ1n) is 7.10. The van der Waals surface area contributed by atoms with E-state index in [1.165, 1.54) is 0 Å². The number of rotatable bonds is 3. The summed E-state index contributed by atoms with van der Waals surface area (Å²) < 4.78 is 0. The molecule has 2 aliphatic heterocycles. The van der Waals surface area contributed by atoms with E-state index < -0.39 is 0 Å². The van der Waals surface area contributed by atoms with Crippen LogP contribution in [0.1, 0.15) is 19.3 Å². The van der Waals surface area contributed by atoms with Crippen molar-refractivity contribution in [2.24, 2.45) is 11.7 Å². The second kappa shape index (κ2) is 5.25. The highest BCUT2D eigenvalue weighted by Crippen LogP contribution is 2.29. The van der Waals surface area contributed by atoms with Crippen LogP contribution in [-0.2, 0) is 9.59 Å². The molecule has 1 aromatic carbocycles. The van der Waals surface area contributed by atoms with Crippen LogP contribution < -0.4 is 15.5 Å². The van der Waals surface area contributed by atoms with Crippen molar-refractivity contribution in [2.75, 3.05) is 29.4 Å². The topological polar surface area (TPSA) is 66.6 Å². The average molecular weight is 273 g/mol. The van der Waals surface area contributed by atoms with Gasteiger partial charge in [0, 0.05) is 37.3 Å². The highest BCUT2D eigenvalue weighted by atomic mass is 16.2. The minimum absolute atomic E-state index is 0.116. The van der Waals surface area contributed by atoms with Crippen LogP contribution in [-0.4, -0.2) is 31.4 Å². The number of hydrogen-bond donors (Lipinski definition) is 1. The molecular weight excluding hydrogens is 254 g/mol. The first-order chi connectivity index (χ1) is 9.69. The molecule has 0 aromatic heterocycles. The predicted molar refractivity (Wildman–Crippen MR) is 77.5 cm³/mol. The maximum absolute atomic E-state index is 12.0. The van der Waals surface area contributed by atoms with Gasteiger partial charge in [-0.1, -0.05) is 6.07 Å². The smallest absolute Gasteiger partial charge is 0.227 e. The van der Waals surface area contributed by atoms with Gasteiger partial charge in [-0.2, -0.15) is 0 Å². The maximum Gasteiger partial charge on any atom is 0.227 e. The molecule has 2 N–H and O–H groups in total. The van der Waals surface area contributed by atoms with Gasteiger partial charge in [0.1, 0.15) is 0 Å². The second-order valence-electron chi connectivity index (χ2n) is 5.48. The van der Waals surface area contributed by atoms with E-state index in [0.29, 0.717) is 25.9 Å². The van der Waals surface area contributed by atoms with Crippen LogP contribution in [0.2, 0.25) is 0 Å². The Kier molecular flexibility index (Phi) is 3.44. The maximum atomic E-state index is 12.0. The molecule has 20 heavy (non-hydrogen) atoms. The Labute approximate surface area is 118 Å². The summed E-state index contributed by atoms with van der Waals surface area (Å²) in [5.74, 6) is 0.514. The fraction of sp³-hybridized carbons (Fsp3) is 0.467. The number of nitrogens with zero attached hydrogens (tertiary/aromatic N) is 2. The van der Waals surface area contributed by atoms with E-state index in [9.17, 15) is 9.59 Å². The Hall–Kier alpha value is -1.88. The molecule has 0 bridgehead atoms. The zero-order valence-corrected chi connectivity index (χ0v) is 11.4. The van der Waals surface area contributed by atoms with E-state index in [-0.39, 0.29) is 17.7 Å². The molecule has 5 nitrogen and oxygen atoms in total. The largest absolute Gasteiger partial charge is 0.330 e. The summed E-state index contributed by atoms with van der Waals surface area (Å²) in [6.07, 6.45) is 2.03. The van der Waals surface area contributed by atoms with Crippen LogP contribution in [0.25, 0.3) is 0 Å². The molecule has 1 unspecified atom stereocenters. The number of nitrogens with two attached hydrogens (primary N) is 1. The highest BCUT2D eigenvalue weighted by Gasteiger charge is 2.30. The first-order valence-corrected chi connectivity index (χ1v) is 7.10. The van der Waals surface area contributed by atoms with Crippen LogP contribution in [0.15, 0.2) is 24.3 Å². The van der Waals surface area contributed by atoms with Crippen LogP contribution in [0, 0.1) is 5.92 Å². The monoisotopic (exact) mass is 273 g/mol. The number of amides is 2. The van der Waals surface area contributed by atoms with Crippen LogP contribution >= 0.6 is 0 Å². The molecule has 1 atom stereocenters. The van der Waals surface area contributed by atoms with Crippen LogP contribution in [0.4, 0.5) is 11.4 Å². The fourth-order valence-corrected chi connectivity index (χ4v) is 2.94. The quantitative estimate of drug-likeness (QED) is 0.897. The van der Waals surface area contributed by atoms with Gasteiger partial charge in [-0.15, -0.1) is 0 Å². The van der Waals surface area contributed by atoms with Crippen molar-refractivity contribution in [3.63, 3.8) is 0 Å². The molecule has 2 aliphatic rings. The van der Waals surface area contributed by atoms with E-state index in [1.807, 2.05) is 24.3 Å². The molecule has 3 rings (SSSR count). The lowest BCUT2D eigenvalue weighted by atomic mass is 10.1. The third-order valence-corrected chi connectivity index (χ3v) is 4.06. The van der Waals surface area contributed by atoms with E-state index >= 15 is 0 Å². The Morgan fingerprint density at radius 2 is 1.90 bits per heavy atom. The number of carbonyl (C=O) groups excluding carboxylic acids is 2. The fourth-order valence-electron chi connectivity index (χ4n) is 2.94. The zero-order valence-electron chi connectivity index (χ0n) is 11.4. The molecule has 2 amide bonds. The standard InChI is InChI=1S/C15H19N3O2/c16-9-11-7-15(20)18(10-11)13-4-1-3-12(8-13)17-6-2-5-14(17)19/h1,3-4,8,11H,2,5-7,9-10,16H2. The van der Waals surface area contributed by atoms with Gasteiger partial charge in [-0.25, -0.2) is 0 Å². The third kappa shape index (κ3) is 2.29. The molecule has 1 aromatic rings. The van der Waals surface area contributed by atoms with Crippen molar-refractivity contribution in [3.8, 4) is 0 Å². The van der Waals surface area contributed by atoms with Gasteiger partial charge in [-0.05, 0) is 37.1 Å². The van der Waals surface area contributed by atoms with Gasteiger partial charge < -0.3 is 15.5 Å². The molecule has 0 saturated carbocycles. The molecule has 2 heterocycles. The summed E-state index contributed by atoms with van der Waals surface area (Å²) in [4.78, 5) is 27.4. The van der Waals surface area contributed by atoms with E-state index in [4.69, 9.17) is 5.73 Å². The summed E-state index contributed by atoms with van der Waals surface area (Å²) in [6, 6.07) is 7.67. The first kappa shape index (κ1) is 13.1. The minimum Gasteiger partial charge on any atom is -0.330 e. The zero-order chi connectivity index (χ0) is 14.1. The van der Waals surface area contributed by atoms with Crippen molar-refractivity contribution in [1.82, 2.24) is 0 Å². The summed E-state index contributed by atoms with van der Waals surface area (Å²) in [6.45, 7) is 1.97. The molecule has 0 spiro atoms. The van der Waals surface area contributed by atoms with E-state index in [0.717, 1.165) is 24.3 Å². The Balaban J connectivity index is 1.84. The van der Waals surface area contributed by atoms with Crippen LogP contribution in [0.3, 0.4) is 0 Å². The number of benzene rings is 1. The molecule has 0 radical (unpaired) electrons. The third-order valence-electron chi connectivity index (χ3n) is 4.06. The van der Waals surface area contributed by atoms with Crippen molar-refractivity contribution in [2.45, 2.75) is 19.3 Å². The average Bonchev–Trinajstić information content (AvgIpc) is 3.05. The lowest BCUT2D eigenvalue weighted by molar-refractivity contribution is -0.117. The molecule has 2 fully saturated rings. The highest BCUT2D eigenvalue weighted by molar-refractivity contribution is 5.98. The molecular formula is C15H19N3O2. The van der Waals surface area contributed by atoms with Gasteiger partial charge >= 0.3 is 0 Å². The number of hydrogen-bond acceptors (Lipinski definition) is 3. The van der Waals surface area contributed by atoms with Crippen molar-refractivity contribution >= 4 is 23.2 Å². The normalized spacial score (nSPS) is 22.9. The van der Waals surface area contributed by atoms with Gasteiger partial charge in [0.15, 0.2) is 0 Å². The summed E-state index contributed by atoms with van der Waals surface area (Å²) in [5.41, 5.74) is 7.40. The molecule has 106 valence electrons. The van der Waals surface area contributed by atoms with E-state index in [2.05, 4.69) is 0 Å². The molecule has 0 aliphatic carbocycles. The molecule has 2 saturated heterocycles. The van der Waals surface area contributed by atoms with Crippen molar-refractivity contribution in [1.29, 1.82) is 0 Å². The summed E-state index contributed by atoms with van der Waals surface area (Å²) in [5, 5.41) is 0. The summed E-state index contributed by atoms with van der Waals surface area (Å²) >= 11 is 0. The van der Waals surface area contributed by atoms with Crippen molar-refractivity contribution in [3.05, 3.63) is 24.3 Å². The summed E-state index contributed by atoms with van der Waals surface area (Å²) in [7, 11) is 0. The van der Waals surface area contributed by atoms with Gasteiger partial charge in [-0.3, -0.25) is 9.59 Å². The van der Waals surface area contributed by atoms with Crippen molar-refractivity contribution < 1.29 is 9.59 Å². The Morgan fingerprint density at radius 3 is 2.50 bits per heavy atom. The minimum atomic E-state index is 0.116. The second-order valence-corrected chi connectivity index (χ2v) is 5.48. The SMILES string of the molecule is NCC1CC(=O)N(c2cccc(N3CCCC3=O)c2)C1. The number of carbonyl (C=O) groups is 2.